The van der Waals surface area contributed by atoms with Gasteiger partial charge in [0.05, 0.1) is 22.7 Å². The summed E-state index contributed by atoms with van der Waals surface area (Å²) >= 11 is 7.43. The van der Waals surface area contributed by atoms with Crippen molar-refractivity contribution >= 4 is 38.9 Å². The highest BCUT2D eigenvalue weighted by atomic mass is 35.5. The molecule has 0 fully saturated rings. The molecule has 1 heterocycles. The first-order chi connectivity index (χ1) is 11.5. The van der Waals surface area contributed by atoms with E-state index in [2.05, 4.69) is 11.4 Å². The average molecular weight is 359 g/mol. The number of fused-ring (bicyclic) bond motifs is 1. The van der Waals surface area contributed by atoms with Crippen molar-refractivity contribution in [2.45, 2.75) is 13.0 Å². The number of nitrogens with one attached hydrogen (secondary N) is 1. The van der Waals surface area contributed by atoms with Crippen LogP contribution in [-0.2, 0) is 0 Å². The van der Waals surface area contributed by atoms with Crippen LogP contribution in [0.1, 0.15) is 33.8 Å². The zero-order valence-electron chi connectivity index (χ0n) is 12.6. The first kappa shape index (κ1) is 16.4. The number of carbonyl (C=O) groups excluding carboxylic acids is 1. The van der Waals surface area contributed by atoms with Crippen molar-refractivity contribution in [3.63, 3.8) is 0 Å². The molecule has 1 amide bonds. The van der Waals surface area contributed by atoms with Gasteiger partial charge in [0.2, 0.25) is 0 Å². The third-order valence-electron chi connectivity index (χ3n) is 3.69. The number of hydrogen-bond acceptors (Lipinski definition) is 3. The second kappa shape index (κ2) is 6.60. The van der Waals surface area contributed by atoms with Gasteiger partial charge in [-0.1, -0.05) is 23.7 Å². The molecule has 24 heavy (non-hydrogen) atoms. The van der Waals surface area contributed by atoms with Crippen LogP contribution in [0.5, 0.6) is 0 Å². The molecule has 0 spiro atoms. The van der Waals surface area contributed by atoms with Gasteiger partial charge in [0.15, 0.2) is 0 Å². The third-order valence-corrected chi connectivity index (χ3v) is 5.34. The van der Waals surface area contributed by atoms with Crippen molar-refractivity contribution in [3.05, 3.63) is 69.3 Å². The summed E-state index contributed by atoms with van der Waals surface area (Å²) < 4.78 is 13.9. The molecular weight excluding hydrogens is 347 g/mol. The molecule has 6 heteroatoms. The minimum atomic E-state index is -0.363. The highest BCUT2D eigenvalue weighted by Crippen LogP contribution is 2.35. The number of thiophene rings is 1. The lowest BCUT2D eigenvalue weighted by Crippen LogP contribution is -2.26. The van der Waals surface area contributed by atoms with Crippen molar-refractivity contribution in [1.82, 2.24) is 5.32 Å². The summed E-state index contributed by atoms with van der Waals surface area (Å²) in [6, 6.07) is 13.1. The average Bonchev–Trinajstić information content (AvgIpc) is 2.91. The van der Waals surface area contributed by atoms with Crippen molar-refractivity contribution < 1.29 is 9.18 Å². The molecule has 2 aromatic carbocycles. The Morgan fingerprint density at radius 3 is 2.67 bits per heavy atom. The Morgan fingerprint density at radius 2 is 2.00 bits per heavy atom. The van der Waals surface area contributed by atoms with Gasteiger partial charge in [-0.2, -0.15) is 5.26 Å². The largest absolute Gasteiger partial charge is 0.345 e. The summed E-state index contributed by atoms with van der Waals surface area (Å²) in [6.07, 6.45) is 0. The van der Waals surface area contributed by atoms with Gasteiger partial charge >= 0.3 is 0 Å². The zero-order valence-corrected chi connectivity index (χ0v) is 14.2. The first-order valence-corrected chi connectivity index (χ1v) is 8.37. The fourth-order valence-electron chi connectivity index (χ4n) is 2.38. The van der Waals surface area contributed by atoms with Crippen LogP contribution in [0.4, 0.5) is 4.39 Å². The molecule has 0 aliphatic heterocycles. The van der Waals surface area contributed by atoms with Crippen LogP contribution in [0.15, 0.2) is 42.5 Å². The Bertz CT molecular complexity index is 960. The van der Waals surface area contributed by atoms with Crippen molar-refractivity contribution in [2.24, 2.45) is 0 Å². The number of nitrogens with zero attached hydrogens (tertiary/aromatic N) is 1. The summed E-state index contributed by atoms with van der Waals surface area (Å²) in [7, 11) is 0. The zero-order chi connectivity index (χ0) is 17.3. The maximum absolute atomic E-state index is 13.3. The van der Waals surface area contributed by atoms with Crippen LogP contribution < -0.4 is 5.32 Å². The fourth-order valence-corrected chi connectivity index (χ4v) is 3.82. The second-order valence-corrected chi connectivity index (χ2v) is 6.74. The number of benzene rings is 2. The Balaban J connectivity index is 1.84. The Kier molecular flexibility index (Phi) is 4.52. The van der Waals surface area contributed by atoms with Crippen molar-refractivity contribution in [1.29, 1.82) is 5.26 Å². The van der Waals surface area contributed by atoms with E-state index in [-0.39, 0.29) is 17.8 Å². The summed E-state index contributed by atoms with van der Waals surface area (Å²) in [6.45, 7) is 1.85. The molecule has 1 unspecified atom stereocenters. The molecule has 3 nitrogen and oxygen atoms in total. The van der Waals surface area contributed by atoms with E-state index in [1.807, 2.05) is 6.92 Å². The Hall–Kier alpha value is -2.42. The van der Waals surface area contributed by atoms with Crippen LogP contribution in [0.2, 0.25) is 5.02 Å². The Labute approximate surface area is 147 Å². The van der Waals surface area contributed by atoms with Gasteiger partial charge in [0.25, 0.3) is 5.91 Å². The van der Waals surface area contributed by atoms with Crippen LogP contribution >= 0.6 is 22.9 Å². The van der Waals surface area contributed by atoms with Crippen LogP contribution in [0, 0.1) is 17.1 Å². The molecule has 0 aliphatic rings. The first-order valence-electron chi connectivity index (χ1n) is 7.18. The molecule has 3 aromatic rings. The molecule has 0 aliphatic carbocycles. The van der Waals surface area contributed by atoms with Crippen molar-refractivity contribution in [2.75, 3.05) is 0 Å². The number of nitriles is 1. The molecule has 0 saturated carbocycles. The summed E-state index contributed by atoms with van der Waals surface area (Å²) in [4.78, 5) is 12.9. The maximum Gasteiger partial charge on any atom is 0.263 e. The van der Waals surface area contributed by atoms with Gasteiger partial charge in [-0.05, 0) is 42.8 Å². The molecule has 120 valence electrons. The highest BCUT2D eigenvalue weighted by Gasteiger charge is 2.19. The minimum Gasteiger partial charge on any atom is -0.345 e. The molecule has 1 atom stereocenters. The van der Waals surface area contributed by atoms with E-state index in [4.69, 9.17) is 16.9 Å². The molecule has 3 rings (SSSR count). The predicted molar refractivity (Wildman–Crippen MR) is 93.8 cm³/mol. The lowest BCUT2D eigenvalue weighted by atomic mass is 10.1. The molecule has 0 radical (unpaired) electrons. The van der Waals surface area contributed by atoms with E-state index in [0.29, 0.717) is 25.5 Å². The van der Waals surface area contributed by atoms with Gasteiger partial charge in [0, 0.05) is 10.1 Å². The second-order valence-electron chi connectivity index (χ2n) is 5.31. The van der Waals surface area contributed by atoms with Crippen molar-refractivity contribution in [3.8, 4) is 6.07 Å². The summed E-state index contributed by atoms with van der Waals surface area (Å²) in [5.41, 5.74) is 1.44. The standard InChI is InChI=1S/C18H12ClFN2OS/c1-10(12-4-2-11(9-21)3-5-12)22-18(23)17-16(19)14-7-6-13(20)8-15(14)24-17/h2-8,10H,1H3,(H,22,23). The van der Waals surface area contributed by atoms with E-state index in [1.54, 1.807) is 30.3 Å². The summed E-state index contributed by atoms with van der Waals surface area (Å²) in [5.74, 6) is -0.670. The highest BCUT2D eigenvalue weighted by molar-refractivity contribution is 7.21. The number of amides is 1. The molecular formula is C18H12ClFN2OS. The van der Waals surface area contributed by atoms with E-state index >= 15 is 0 Å². The van der Waals surface area contributed by atoms with Gasteiger partial charge < -0.3 is 5.32 Å². The lowest BCUT2D eigenvalue weighted by Gasteiger charge is -2.14. The maximum atomic E-state index is 13.3. The van der Waals surface area contributed by atoms with Crippen LogP contribution in [0.25, 0.3) is 10.1 Å². The van der Waals surface area contributed by atoms with E-state index in [1.165, 1.54) is 12.1 Å². The minimum absolute atomic E-state index is 0.247. The smallest absolute Gasteiger partial charge is 0.263 e. The van der Waals surface area contributed by atoms with Gasteiger partial charge in [-0.15, -0.1) is 11.3 Å². The monoisotopic (exact) mass is 358 g/mol. The van der Waals surface area contributed by atoms with Crippen LogP contribution in [-0.4, -0.2) is 5.91 Å². The normalized spacial score (nSPS) is 11.9. The van der Waals surface area contributed by atoms with E-state index in [0.717, 1.165) is 16.9 Å². The van der Waals surface area contributed by atoms with Gasteiger partial charge in [-0.25, -0.2) is 4.39 Å². The van der Waals surface area contributed by atoms with Crippen LogP contribution in [0.3, 0.4) is 0 Å². The Morgan fingerprint density at radius 1 is 1.29 bits per heavy atom. The van der Waals surface area contributed by atoms with Gasteiger partial charge in [0.1, 0.15) is 10.7 Å². The fraction of sp³-hybridized carbons (Fsp3) is 0.111. The van der Waals surface area contributed by atoms with E-state index in [9.17, 15) is 9.18 Å². The molecule has 1 N–H and O–H groups in total. The quantitative estimate of drug-likeness (QED) is 0.711. The van der Waals surface area contributed by atoms with E-state index < -0.39 is 0 Å². The predicted octanol–water partition coefficient (Wildman–Crippen LogP) is 5.06. The number of carbonyl (C=O) groups is 1. The molecule has 0 bridgehead atoms. The molecule has 0 saturated heterocycles. The third kappa shape index (κ3) is 3.12. The lowest BCUT2D eigenvalue weighted by molar-refractivity contribution is 0.0944. The number of hydrogen-bond donors (Lipinski definition) is 1. The number of rotatable bonds is 3. The topological polar surface area (TPSA) is 52.9 Å². The number of halogens is 2. The summed E-state index contributed by atoms with van der Waals surface area (Å²) in [5, 5.41) is 12.7. The SMILES string of the molecule is CC(NC(=O)c1sc2cc(F)ccc2c1Cl)c1ccc(C#N)cc1. The van der Waals surface area contributed by atoms with Gasteiger partial charge in [-0.3, -0.25) is 4.79 Å². The molecule has 1 aromatic heterocycles.